The Kier molecular flexibility index (Phi) is 4.85. The Morgan fingerprint density at radius 2 is 1.75 bits per heavy atom. The number of hydrogen-bond donors (Lipinski definition) is 0. The van der Waals surface area contributed by atoms with E-state index in [0.717, 1.165) is 0 Å². The Morgan fingerprint density at radius 3 is 2.25 bits per heavy atom. The fraction of sp³-hybridized carbons (Fsp3) is 0.611. The smallest absolute Gasteiger partial charge is 0.223 e. The van der Waals surface area contributed by atoms with Crippen LogP contribution in [0.15, 0.2) is 30.3 Å². The minimum Gasteiger partial charge on any atom is -0.337 e. The van der Waals surface area contributed by atoms with Gasteiger partial charge in [-0.1, -0.05) is 51.1 Å². The molecule has 1 saturated carbocycles. The maximum atomic E-state index is 12.7. The third-order valence-electron chi connectivity index (χ3n) is 4.48. The Hall–Kier alpha value is -1.31. The first-order valence-corrected chi connectivity index (χ1v) is 7.86. The van der Waals surface area contributed by atoms with Crippen LogP contribution in [-0.2, 0) is 4.79 Å². The lowest BCUT2D eigenvalue weighted by atomic mass is 9.96. The van der Waals surface area contributed by atoms with Crippen LogP contribution in [0.5, 0.6) is 0 Å². The molecule has 0 saturated heterocycles. The van der Waals surface area contributed by atoms with Gasteiger partial charge in [0.25, 0.3) is 0 Å². The van der Waals surface area contributed by atoms with Crippen molar-refractivity contribution in [2.45, 2.75) is 65.0 Å². The van der Waals surface area contributed by atoms with Gasteiger partial charge in [-0.05, 0) is 37.2 Å². The average Bonchev–Trinajstić information content (AvgIpc) is 3.24. The topological polar surface area (TPSA) is 20.3 Å². The van der Waals surface area contributed by atoms with Crippen LogP contribution in [0.3, 0.4) is 0 Å². The Bertz CT molecular complexity index is 436. The molecule has 2 nitrogen and oxygen atoms in total. The zero-order valence-corrected chi connectivity index (χ0v) is 13.2. The van der Waals surface area contributed by atoms with Crippen LogP contribution in [0.4, 0.5) is 0 Å². The minimum atomic E-state index is 0.296. The highest BCUT2D eigenvalue weighted by atomic mass is 16.2. The van der Waals surface area contributed by atoms with Crippen LogP contribution < -0.4 is 0 Å². The third-order valence-corrected chi connectivity index (χ3v) is 4.48. The van der Waals surface area contributed by atoms with E-state index in [-0.39, 0.29) is 0 Å². The van der Waals surface area contributed by atoms with Crippen LogP contribution in [-0.4, -0.2) is 22.9 Å². The zero-order valence-electron chi connectivity index (χ0n) is 13.2. The van der Waals surface area contributed by atoms with Gasteiger partial charge in [0.2, 0.25) is 5.91 Å². The molecule has 1 aliphatic rings. The van der Waals surface area contributed by atoms with Crippen molar-refractivity contribution in [3.05, 3.63) is 35.9 Å². The van der Waals surface area contributed by atoms with Gasteiger partial charge in [0.05, 0.1) is 0 Å². The molecule has 1 fully saturated rings. The molecule has 2 atom stereocenters. The van der Waals surface area contributed by atoms with Gasteiger partial charge in [-0.3, -0.25) is 4.79 Å². The molecule has 0 spiro atoms. The Labute approximate surface area is 123 Å². The molecule has 2 unspecified atom stereocenters. The number of carbonyl (C=O) groups excluding carboxylic acids is 1. The molecule has 2 heteroatoms. The maximum absolute atomic E-state index is 12.7. The largest absolute Gasteiger partial charge is 0.337 e. The zero-order chi connectivity index (χ0) is 14.7. The van der Waals surface area contributed by atoms with E-state index in [2.05, 4.69) is 44.7 Å². The van der Waals surface area contributed by atoms with E-state index in [0.29, 0.717) is 36.2 Å². The van der Waals surface area contributed by atoms with E-state index in [1.54, 1.807) is 0 Å². The quantitative estimate of drug-likeness (QED) is 0.760. The van der Waals surface area contributed by atoms with Gasteiger partial charge in [-0.2, -0.15) is 0 Å². The second-order valence-electron chi connectivity index (χ2n) is 6.53. The fourth-order valence-electron chi connectivity index (χ4n) is 2.70. The monoisotopic (exact) mass is 273 g/mol. The molecule has 0 aliphatic heterocycles. The first-order valence-electron chi connectivity index (χ1n) is 7.86. The average molecular weight is 273 g/mol. The van der Waals surface area contributed by atoms with E-state index in [9.17, 15) is 4.79 Å². The highest BCUT2D eigenvalue weighted by molar-refractivity contribution is 5.78. The summed E-state index contributed by atoms with van der Waals surface area (Å²) >= 11 is 0. The van der Waals surface area contributed by atoms with Crippen LogP contribution in [0.25, 0.3) is 0 Å². The molecule has 0 aromatic heterocycles. The van der Waals surface area contributed by atoms with Gasteiger partial charge in [-0.25, -0.2) is 0 Å². The van der Waals surface area contributed by atoms with Crippen molar-refractivity contribution in [2.24, 2.45) is 5.92 Å². The number of amides is 1. The van der Waals surface area contributed by atoms with Gasteiger partial charge >= 0.3 is 0 Å². The number of hydrogen-bond acceptors (Lipinski definition) is 1. The molecular formula is C18H27NO. The van der Waals surface area contributed by atoms with E-state index in [1.807, 2.05) is 18.2 Å². The van der Waals surface area contributed by atoms with Crippen molar-refractivity contribution in [3.8, 4) is 0 Å². The number of carbonyl (C=O) groups is 1. The van der Waals surface area contributed by atoms with Crippen molar-refractivity contribution in [1.29, 1.82) is 0 Å². The SMILES string of the molecule is CC(CC(=O)N(C1CC1)C(C)C(C)C)c1ccccc1. The fourth-order valence-corrected chi connectivity index (χ4v) is 2.70. The van der Waals surface area contributed by atoms with E-state index < -0.39 is 0 Å². The molecule has 1 aromatic carbocycles. The van der Waals surface area contributed by atoms with Gasteiger partial charge in [0.1, 0.15) is 0 Å². The van der Waals surface area contributed by atoms with E-state index >= 15 is 0 Å². The minimum absolute atomic E-state index is 0.296. The predicted molar refractivity (Wildman–Crippen MR) is 83.6 cm³/mol. The van der Waals surface area contributed by atoms with Crippen molar-refractivity contribution in [3.63, 3.8) is 0 Å². The normalized spacial score (nSPS) is 17.9. The highest BCUT2D eigenvalue weighted by Gasteiger charge is 2.36. The van der Waals surface area contributed by atoms with Gasteiger partial charge in [0.15, 0.2) is 0 Å². The summed E-state index contributed by atoms with van der Waals surface area (Å²) in [6.07, 6.45) is 2.99. The van der Waals surface area contributed by atoms with Crippen LogP contribution in [0.1, 0.15) is 58.4 Å². The predicted octanol–water partition coefficient (Wildman–Crippen LogP) is 4.22. The second kappa shape index (κ2) is 6.43. The number of rotatable bonds is 6. The van der Waals surface area contributed by atoms with Crippen molar-refractivity contribution < 1.29 is 4.79 Å². The lowest BCUT2D eigenvalue weighted by molar-refractivity contribution is -0.135. The molecule has 2 rings (SSSR count). The van der Waals surface area contributed by atoms with Crippen LogP contribution in [0.2, 0.25) is 0 Å². The lowest BCUT2D eigenvalue weighted by Crippen LogP contribution is -2.43. The molecule has 0 radical (unpaired) electrons. The summed E-state index contributed by atoms with van der Waals surface area (Å²) in [6.45, 7) is 8.74. The summed E-state index contributed by atoms with van der Waals surface area (Å²) in [5.74, 6) is 1.14. The van der Waals surface area contributed by atoms with Crippen LogP contribution >= 0.6 is 0 Å². The molecule has 110 valence electrons. The first kappa shape index (κ1) is 15.1. The summed E-state index contributed by atoms with van der Waals surface area (Å²) in [7, 11) is 0. The Morgan fingerprint density at radius 1 is 1.15 bits per heavy atom. The summed E-state index contributed by atoms with van der Waals surface area (Å²) in [5.41, 5.74) is 1.26. The standard InChI is InChI=1S/C18H27NO/c1-13(2)15(4)19(17-10-11-17)18(20)12-14(3)16-8-6-5-7-9-16/h5-9,13-15,17H,10-12H2,1-4H3. The molecule has 0 bridgehead atoms. The molecule has 1 aliphatic carbocycles. The van der Waals surface area contributed by atoms with Gasteiger partial charge < -0.3 is 4.90 Å². The second-order valence-corrected chi connectivity index (χ2v) is 6.53. The van der Waals surface area contributed by atoms with Crippen molar-refractivity contribution in [2.75, 3.05) is 0 Å². The van der Waals surface area contributed by atoms with E-state index in [4.69, 9.17) is 0 Å². The first-order chi connectivity index (χ1) is 9.50. The van der Waals surface area contributed by atoms with Crippen molar-refractivity contribution in [1.82, 2.24) is 4.90 Å². The molecule has 0 heterocycles. The third kappa shape index (κ3) is 3.62. The lowest BCUT2D eigenvalue weighted by Gasteiger charge is -2.33. The van der Waals surface area contributed by atoms with Crippen molar-refractivity contribution >= 4 is 5.91 Å². The summed E-state index contributed by atoms with van der Waals surface area (Å²) in [5, 5.41) is 0. The van der Waals surface area contributed by atoms with E-state index in [1.165, 1.54) is 18.4 Å². The van der Waals surface area contributed by atoms with Gasteiger partial charge in [0, 0.05) is 18.5 Å². The molecule has 1 amide bonds. The molecule has 20 heavy (non-hydrogen) atoms. The Balaban J connectivity index is 2.02. The molecule has 0 N–H and O–H groups in total. The maximum Gasteiger partial charge on any atom is 0.223 e. The number of benzene rings is 1. The summed E-state index contributed by atoms with van der Waals surface area (Å²) in [6, 6.07) is 11.2. The molecule has 1 aromatic rings. The van der Waals surface area contributed by atoms with Crippen LogP contribution in [0, 0.1) is 5.92 Å². The van der Waals surface area contributed by atoms with Gasteiger partial charge in [-0.15, -0.1) is 0 Å². The summed E-state index contributed by atoms with van der Waals surface area (Å²) < 4.78 is 0. The summed E-state index contributed by atoms with van der Waals surface area (Å²) in [4.78, 5) is 14.8. The number of nitrogens with zero attached hydrogens (tertiary/aromatic N) is 1. The highest BCUT2D eigenvalue weighted by Crippen LogP contribution is 2.32. The molecular weight excluding hydrogens is 246 g/mol.